The average molecular weight is 256 g/mol. The minimum atomic E-state index is 0.653. The van der Waals surface area contributed by atoms with E-state index in [0.29, 0.717) is 6.61 Å². The largest absolute Gasteiger partial charge is 0.380 e. The highest BCUT2D eigenvalue weighted by Gasteiger charge is 2.01. The SMILES string of the molecule is COCc1ccccc1CNCc1ccc(C)cn1. The lowest BCUT2D eigenvalue weighted by molar-refractivity contribution is 0.184. The number of methoxy groups -OCH3 is 1. The molecule has 2 aromatic rings. The fourth-order valence-corrected chi connectivity index (χ4v) is 1.95. The Morgan fingerprint density at radius 1 is 1.05 bits per heavy atom. The normalized spacial score (nSPS) is 10.6. The van der Waals surface area contributed by atoms with Crippen molar-refractivity contribution in [2.45, 2.75) is 26.6 Å². The molecular formula is C16H20N2O. The summed E-state index contributed by atoms with van der Waals surface area (Å²) in [5.74, 6) is 0. The maximum Gasteiger partial charge on any atom is 0.0716 e. The third kappa shape index (κ3) is 4.16. The van der Waals surface area contributed by atoms with Gasteiger partial charge in [0, 0.05) is 26.4 Å². The second-order valence-corrected chi connectivity index (χ2v) is 4.63. The maximum absolute atomic E-state index is 5.21. The van der Waals surface area contributed by atoms with Gasteiger partial charge < -0.3 is 10.1 Å². The number of nitrogens with one attached hydrogen (secondary N) is 1. The van der Waals surface area contributed by atoms with E-state index in [0.717, 1.165) is 18.8 Å². The van der Waals surface area contributed by atoms with Gasteiger partial charge in [0.2, 0.25) is 0 Å². The van der Waals surface area contributed by atoms with Crippen molar-refractivity contribution >= 4 is 0 Å². The van der Waals surface area contributed by atoms with Gasteiger partial charge in [-0.05, 0) is 29.7 Å². The molecule has 0 atom stereocenters. The van der Waals surface area contributed by atoms with E-state index in [9.17, 15) is 0 Å². The molecule has 1 aromatic carbocycles. The molecule has 0 saturated heterocycles. The monoisotopic (exact) mass is 256 g/mol. The highest BCUT2D eigenvalue weighted by Crippen LogP contribution is 2.09. The number of rotatable bonds is 6. The van der Waals surface area contributed by atoms with Gasteiger partial charge in [0.15, 0.2) is 0 Å². The summed E-state index contributed by atoms with van der Waals surface area (Å²) in [6.07, 6.45) is 1.90. The molecule has 0 amide bonds. The minimum absolute atomic E-state index is 0.653. The standard InChI is InChI=1S/C16H20N2O/c1-13-7-8-16(18-9-13)11-17-10-14-5-3-4-6-15(14)12-19-2/h3-9,17H,10-12H2,1-2H3. The van der Waals surface area contributed by atoms with E-state index >= 15 is 0 Å². The average Bonchev–Trinajstić information content (AvgIpc) is 2.43. The van der Waals surface area contributed by atoms with Gasteiger partial charge >= 0.3 is 0 Å². The van der Waals surface area contributed by atoms with Crippen molar-refractivity contribution in [3.8, 4) is 0 Å². The zero-order chi connectivity index (χ0) is 13.5. The fraction of sp³-hybridized carbons (Fsp3) is 0.312. The molecule has 1 aromatic heterocycles. The van der Waals surface area contributed by atoms with Crippen LogP contribution in [-0.4, -0.2) is 12.1 Å². The number of nitrogens with zero attached hydrogens (tertiary/aromatic N) is 1. The van der Waals surface area contributed by atoms with E-state index in [1.165, 1.54) is 16.7 Å². The predicted molar refractivity (Wildman–Crippen MR) is 76.7 cm³/mol. The zero-order valence-electron chi connectivity index (χ0n) is 11.5. The Bertz CT molecular complexity index is 508. The second-order valence-electron chi connectivity index (χ2n) is 4.63. The van der Waals surface area contributed by atoms with Crippen LogP contribution >= 0.6 is 0 Å². The highest BCUT2D eigenvalue weighted by molar-refractivity contribution is 5.26. The van der Waals surface area contributed by atoms with Gasteiger partial charge in [-0.2, -0.15) is 0 Å². The number of ether oxygens (including phenoxy) is 1. The topological polar surface area (TPSA) is 34.1 Å². The van der Waals surface area contributed by atoms with Crippen molar-refractivity contribution in [3.63, 3.8) is 0 Å². The van der Waals surface area contributed by atoms with Crippen LogP contribution in [-0.2, 0) is 24.4 Å². The number of pyridine rings is 1. The van der Waals surface area contributed by atoms with Crippen LogP contribution in [0.1, 0.15) is 22.4 Å². The van der Waals surface area contributed by atoms with E-state index in [4.69, 9.17) is 4.74 Å². The molecule has 0 radical (unpaired) electrons. The van der Waals surface area contributed by atoms with E-state index in [2.05, 4.69) is 40.6 Å². The second kappa shape index (κ2) is 7.02. The van der Waals surface area contributed by atoms with Crippen molar-refractivity contribution in [2.24, 2.45) is 0 Å². The molecule has 0 aliphatic carbocycles. The lowest BCUT2D eigenvalue weighted by atomic mass is 10.1. The third-order valence-corrected chi connectivity index (χ3v) is 3.01. The summed E-state index contributed by atoms with van der Waals surface area (Å²) >= 11 is 0. The molecule has 0 saturated carbocycles. The molecule has 2 rings (SSSR count). The summed E-state index contributed by atoms with van der Waals surface area (Å²) in [6.45, 7) is 4.31. The highest BCUT2D eigenvalue weighted by atomic mass is 16.5. The molecular weight excluding hydrogens is 236 g/mol. The van der Waals surface area contributed by atoms with Crippen LogP contribution in [0.4, 0.5) is 0 Å². The molecule has 1 N–H and O–H groups in total. The van der Waals surface area contributed by atoms with Crippen molar-refractivity contribution in [1.82, 2.24) is 10.3 Å². The minimum Gasteiger partial charge on any atom is -0.380 e. The molecule has 3 heteroatoms. The number of hydrogen-bond donors (Lipinski definition) is 1. The van der Waals surface area contributed by atoms with E-state index in [-0.39, 0.29) is 0 Å². The number of hydrogen-bond acceptors (Lipinski definition) is 3. The van der Waals surface area contributed by atoms with Crippen molar-refractivity contribution in [3.05, 3.63) is 65.0 Å². The first-order valence-electron chi connectivity index (χ1n) is 6.47. The predicted octanol–water partition coefficient (Wildman–Crippen LogP) is 2.83. The van der Waals surface area contributed by atoms with Crippen LogP contribution in [0.2, 0.25) is 0 Å². The molecule has 0 unspecified atom stereocenters. The van der Waals surface area contributed by atoms with Crippen molar-refractivity contribution < 1.29 is 4.74 Å². The molecule has 1 heterocycles. The van der Waals surface area contributed by atoms with Crippen molar-refractivity contribution in [1.29, 1.82) is 0 Å². The Morgan fingerprint density at radius 2 is 1.84 bits per heavy atom. The Kier molecular flexibility index (Phi) is 5.07. The molecule has 3 nitrogen and oxygen atoms in total. The van der Waals surface area contributed by atoms with Gasteiger partial charge in [-0.1, -0.05) is 30.3 Å². The first-order chi connectivity index (χ1) is 9.29. The molecule has 0 fully saturated rings. The molecule has 19 heavy (non-hydrogen) atoms. The Labute approximate surface area is 114 Å². The van der Waals surface area contributed by atoms with Gasteiger partial charge in [0.1, 0.15) is 0 Å². The molecule has 0 aliphatic heterocycles. The number of aromatic nitrogens is 1. The Hall–Kier alpha value is -1.71. The first kappa shape index (κ1) is 13.7. The zero-order valence-corrected chi connectivity index (χ0v) is 11.5. The van der Waals surface area contributed by atoms with Crippen molar-refractivity contribution in [2.75, 3.05) is 7.11 Å². The van der Waals surface area contributed by atoms with Gasteiger partial charge in [-0.25, -0.2) is 0 Å². The summed E-state index contributed by atoms with van der Waals surface area (Å²) in [5.41, 5.74) is 4.76. The summed E-state index contributed by atoms with van der Waals surface area (Å²) < 4.78 is 5.21. The Balaban J connectivity index is 1.90. The summed E-state index contributed by atoms with van der Waals surface area (Å²) in [4.78, 5) is 4.38. The molecule has 0 spiro atoms. The molecule has 100 valence electrons. The first-order valence-corrected chi connectivity index (χ1v) is 6.47. The van der Waals surface area contributed by atoms with Crippen LogP contribution < -0.4 is 5.32 Å². The van der Waals surface area contributed by atoms with Crippen LogP contribution in [0.5, 0.6) is 0 Å². The van der Waals surface area contributed by atoms with Gasteiger partial charge in [-0.15, -0.1) is 0 Å². The maximum atomic E-state index is 5.21. The summed E-state index contributed by atoms with van der Waals surface area (Å²) in [7, 11) is 1.72. The van der Waals surface area contributed by atoms with Crippen LogP contribution in [0, 0.1) is 6.92 Å². The quantitative estimate of drug-likeness (QED) is 0.863. The van der Waals surface area contributed by atoms with Gasteiger partial charge in [-0.3, -0.25) is 4.98 Å². The summed E-state index contributed by atoms with van der Waals surface area (Å²) in [5, 5.41) is 3.42. The van der Waals surface area contributed by atoms with E-state index < -0.39 is 0 Å². The summed E-state index contributed by atoms with van der Waals surface area (Å²) in [6, 6.07) is 12.5. The fourth-order valence-electron chi connectivity index (χ4n) is 1.95. The van der Waals surface area contributed by atoms with E-state index in [1.807, 2.05) is 19.2 Å². The smallest absolute Gasteiger partial charge is 0.0716 e. The molecule has 0 bridgehead atoms. The number of aryl methyl sites for hydroxylation is 1. The lowest BCUT2D eigenvalue weighted by Gasteiger charge is -2.09. The van der Waals surface area contributed by atoms with Gasteiger partial charge in [0.05, 0.1) is 12.3 Å². The van der Waals surface area contributed by atoms with Crippen LogP contribution in [0.3, 0.4) is 0 Å². The third-order valence-electron chi connectivity index (χ3n) is 3.01. The van der Waals surface area contributed by atoms with E-state index in [1.54, 1.807) is 7.11 Å². The lowest BCUT2D eigenvalue weighted by Crippen LogP contribution is -2.15. The molecule has 0 aliphatic rings. The Morgan fingerprint density at radius 3 is 2.53 bits per heavy atom. The van der Waals surface area contributed by atoms with Crippen LogP contribution in [0.25, 0.3) is 0 Å². The van der Waals surface area contributed by atoms with Crippen LogP contribution in [0.15, 0.2) is 42.6 Å². The number of benzene rings is 1. The van der Waals surface area contributed by atoms with Gasteiger partial charge in [0.25, 0.3) is 0 Å².